The highest BCUT2D eigenvalue weighted by molar-refractivity contribution is 7.16. The second-order valence-corrected chi connectivity index (χ2v) is 6.98. The van der Waals surface area contributed by atoms with Gasteiger partial charge in [0.2, 0.25) is 0 Å². The van der Waals surface area contributed by atoms with Crippen LogP contribution in [-0.4, -0.2) is 48.7 Å². The Morgan fingerprint density at radius 1 is 1.33 bits per heavy atom. The highest BCUT2D eigenvalue weighted by atomic mass is 32.1. The van der Waals surface area contributed by atoms with Crippen molar-refractivity contribution in [2.75, 3.05) is 38.6 Å². The van der Waals surface area contributed by atoms with Crippen molar-refractivity contribution < 1.29 is 10.0 Å². The lowest BCUT2D eigenvalue weighted by molar-refractivity contribution is -0.383. The predicted molar refractivity (Wildman–Crippen MR) is 87.2 cm³/mol. The van der Waals surface area contributed by atoms with Crippen molar-refractivity contribution in [3.63, 3.8) is 0 Å². The first-order chi connectivity index (χ1) is 9.72. The predicted octanol–water partition coefficient (Wildman–Crippen LogP) is 2.73. The number of nitrogens with zero attached hydrogens (tertiary/aromatic N) is 3. The number of aliphatic hydroxyl groups excluding tert-OH is 1. The van der Waals surface area contributed by atoms with Crippen LogP contribution in [0, 0.1) is 16.0 Å². The van der Waals surface area contributed by atoms with Crippen LogP contribution < -0.4 is 4.90 Å². The molecule has 0 aliphatic heterocycles. The molecule has 0 radical (unpaired) electrons. The fraction of sp³-hybridized carbons (Fsp3) is 0.714. The maximum atomic E-state index is 11.3. The van der Waals surface area contributed by atoms with Gasteiger partial charge in [-0.15, -0.1) is 11.3 Å². The summed E-state index contributed by atoms with van der Waals surface area (Å²) >= 11 is 1.31. The molecule has 0 aliphatic carbocycles. The monoisotopic (exact) mass is 315 g/mol. The maximum Gasteiger partial charge on any atom is 0.304 e. The summed E-state index contributed by atoms with van der Waals surface area (Å²) in [5.74, 6) is 0.406. The number of aliphatic hydroxyl groups is 1. The van der Waals surface area contributed by atoms with E-state index in [2.05, 4.69) is 23.6 Å². The first-order valence-corrected chi connectivity index (χ1v) is 7.89. The molecule has 21 heavy (non-hydrogen) atoms. The first kappa shape index (κ1) is 17.9. The van der Waals surface area contributed by atoms with E-state index in [-0.39, 0.29) is 10.6 Å². The molecule has 7 heteroatoms. The zero-order valence-corrected chi connectivity index (χ0v) is 14.2. The molecule has 0 aromatic carbocycles. The van der Waals surface area contributed by atoms with Crippen LogP contribution in [0.25, 0.3) is 0 Å². The van der Waals surface area contributed by atoms with Gasteiger partial charge in [0, 0.05) is 30.6 Å². The van der Waals surface area contributed by atoms with E-state index >= 15 is 0 Å². The Kier molecular flexibility index (Phi) is 6.57. The summed E-state index contributed by atoms with van der Waals surface area (Å²) in [6.45, 7) is 8.13. The Hall–Kier alpha value is -1.18. The van der Waals surface area contributed by atoms with Gasteiger partial charge in [-0.05, 0) is 26.9 Å². The Morgan fingerprint density at radius 2 is 1.95 bits per heavy atom. The Labute approximate surface area is 130 Å². The smallest absolute Gasteiger partial charge is 0.304 e. The third-order valence-electron chi connectivity index (χ3n) is 3.01. The molecule has 0 saturated carbocycles. The van der Waals surface area contributed by atoms with Crippen LogP contribution in [0.15, 0.2) is 6.07 Å². The highest BCUT2D eigenvalue weighted by Crippen LogP contribution is 2.40. The zero-order chi connectivity index (χ0) is 16.2. The lowest BCUT2D eigenvalue weighted by Crippen LogP contribution is -2.34. The first-order valence-electron chi connectivity index (χ1n) is 7.08. The number of nitro groups is 1. The van der Waals surface area contributed by atoms with Crippen molar-refractivity contribution in [1.29, 1.82) is 0 Å². The van der Waals surface area contributed by atoms with Crippen LogP contribution in [0.5, 0.6) is 0 Å². The number of likely N-dealkylation sites (N-methyl/N-ethyl adjacent to an activating group) is 1. The number of hydrogen-bond acceptors (Lipinski definition) is 6. The average molecular weight is 315 g/mol. The van der Waals surface area contributed by atoms with Gasteiger partial charge in [0.25, 0.3) is 0 Å². The van der Waals surface area contributed by atoms with Gasteiger partial charge >= 0.3 is 5.69 Å². The van der Waals surface area contributed by atoms with E-state index in [0.717, 1.165) is 19.6 Å². The molecule has 0 spiro atoms. The molecule has 1 rings (SSSR count). The third kappa shape index (κ3) is 5.26. The average Bonchev–Trinajstić information content (AvgIpc) is 2.78. The summed E-state index contributed by atoms with van der Waals surface area (Å²) in [5.41, 5.74) is 0.0929. The van der Waals surface area contributed by atoms with Crippen LogP contribution >= 0.6 is 11.3 Å². The van der Waals surface area contributed by atoms with E-state index in [4.69, 9.17) is 0 Å². The Bertz CT molecular complexity index is 472. The van der Waals surface area contributed by atoms with Crippen LogP contribution in [0.3, 0.4) is 0 Å². The van der Waals surface area contributed by atoms with Crippen LogP contribution in [0.2, 0.25) is 0 Å². The molecule has 120 valence electrons. The van der Waals surface area contributed by atoms with Gasteiger partial charge in [-0.3, -0.25) is 10.1 Å². The van der Waals surface area contributed by atoms with E-state index < -0.39 is 6.10 Å². The van der Waals surface area contributed by atoms with Crippen LogP contribution in [0.1, 0.15) is 31.8 Å². The summed E-state index contributed by atoms with van der Waals surface area (Å²) in [7, 11) is 3.97. The highest BCUT2D eigenvalue weighted by Gasteiger charge is 2.25. The number of hydrogen-bond donors (Lipinski definition) is 1. The van der Waals surface area contributed by atoms with Crippen LogP contribution in [-0.2, 0) is 0 Å². The van der Waals surface area contributed by atoms with Gasteiger partial charge in [0.1, 0.15) is 0 Å². The molecule has 1 aromatic heterocycles. The molecule has 0 amide bonds. The molecule has 1 aromatic rings. The number of thiophene rings is 1. The van der Waals surface area contributed by atoms with Crippen molar-refractivity contribution in [2.24, 2.45) is 5.92 Å². The zero-order valence-electron chi connectivity index (χ0n) is 13.4. The Morgan fingerprint density at radius 3 is 2.38 bits per heavy atom. The molecule has 6 nitrogen and oxygen atoms in total. The van der Waals surface area contributed by atoms with Gasteiger partial charge in [-0.1, -0.05) is 13.8 Å². The largest absolute Gasteiger partial charge is 0.388 e. The fourth-order valence-corrected chi connectivity index (χ4v) is 3.09. The number of rotatable bonds is 8. The summed E-state index contributed by atoms with van der Waals surface area (Å²) < 4.78 is 0. The topological polar surface area (TPSA) is 69.8 Å². The molecule has 0 unspecified atom stereocenters. The van der Waals surface area contributed by atoms with E-state index in [0.29, 0.717) is 15.8 Å². The summed E-state index contributed by atoms with van der Waals surface area (Å²) in [4.78, 5) is 15.7. The van der Waals surface area contributed by atoms with Crippen molar-refractivity contribution >= 4 is 22.0 Å². The lowest BCUT2D eigenvalue weighted by atomic mass is 10.2. The normalized spacial score (nSPS) is 13.0. The van der Waals surface area contributed by atoms with Crippen molar-refractivity contribution in [3.05, 3.63) is 21.1 Å². The van der Waals surface area contributed by atoms with Gasteiger partial charge in [0.05, 0.1) is 11.0 Å². The van der Waals surface area contributed by atoms with E-state index in [1.807, 2.05) is 14.1 Å². The molecular formula is C14H25N3O3S. The van der Waals surface area contributed by atoms with E-state index in [1.165, 1.54) is 17.4 Å². The second kappa shape index (κ2) is 7.72. The summed E-state index contributed by atoms with van der Waals surface area (Å²) in [6.07, 6.45) is -0.683. The molecule has 0 aliphatic rings. The number of anilines is 1. The molecule has 0 bridgehead atoms. The van der Waals surface area contributed by atoms with Gasteiger partial charge in [-0.25, -0.2) is 0 Å². The SMILES string of the molecule is CC(C)CN(CCN(C)C)c1sc([C@H](C)O)cc1[N+](=O)[O-]. The molecule has 0 fully saturated rings. The standard InChI is InChI=1S/C14H25N3O3S/c1-10(2)9-16(7-6-15(4)5)14-12(17(19)20)8-13(21-14)11(3)18/h8,10-11,18H,6-7,9H2,1-5H3/t11-/m0/s1. The summed E-state index contributed by atoms with van der Waals surface area (Å²) in [6, 6.07) is 1.49. The van der Waals surface area contributed by atoms with Crippen LogP contribution in [0.4, 0.5) is 10.7 Å². The van der Waals surface area contributed by atoms with E-state index in [1.54, 1.807) is 6.92 Å². The van der Waals surface area contributed by atoms with Gasteiger partial charge in [-0.2, -0.15) is 0 Å². The Balaban J connectivity index is 3.11. The quantitative estimate of drug-likeness (QED) is 0.590. The van der Waals surface area contributed by atoms with Gasteiger partial charge in [0.15, 0.2) is 5.00 Å². The van der Waals surface area contributed by atoms with Crippen molar-refractivity contribution in [3.8, 4) is 0 Å². The minimum atomic E-state index is -0.683. The summed E-state index contributed by atoms with van der Waals surface area (Å²) in [5, 5.41) is 21.6. The third-order valence-corrected chi connectivity index (χ3v) is 4.37. The molecule has 1 atom stereocenters. The maximum absolute atomic E-state index is 11.3. The molecule has 0 saturated heterocycles. The van der Waals surface area contributed by atoms with E-state index in [9.17, 15) is 15.2 Å². The van der Waals surface area contributed by atoms with Gasteiger partial charge < -0.3 is 14.9 Å². The van der Waals surface area contributed by atoms with Crippen molar-refractivity contribution in [1.82, 2.24) is 4.90 Å². The molecule has 1 N–H and O–H groups in total. The molecule has 1 heterocycles. The fourth-order valence-electron chi connectivity index (χ4n) is 1.99. The van der Waals surface area contributed by atoms with Crippen molar-refractivity contribution in [2.45, 2.75) is 26.9 Å². The minimum Gasteiger partial charge on any atom is -0.388 e. The minimum absolute atomic E-state index is 0.0929. The lowest BCUT2D eigenvalue weighted by Gasteiger charge is -2.26. The molecular weight excluding hydrogens is 290 g/mol. The second-order valence-electron chi connectivity index (χ2n) is 5.92.